The van der Waals surface area contributed by atoms with Crippen LogP contribution in [-0.4, -0.2) is 14.2 Å². The molecule has 0 spiro atoms. The number of sulfone groups is 1. The van der Waals surface area contributed by atoms with Crippen molar-refractivity contribution in [3.63, 3.8) is 0 Å². The van der Waals surface area contributed by atoms with Crippen LogP contribution in [0.5, 0.6) is 0 Å². The van der Waals surface area contributed by atoms with Crippen molar-refractivity contribution in [2.24, 2.45) is 5.41 Å². The minimum absolute atomic E-state index is 0.0534. The Bertz CT molecular complexity index is 610. The molecule has 1 aliphatic carbocycles. The molecule has 1 saturated carbocycles. The molecule has 0 saturated heterocycles. The molecule has 0 atom stereocenters. The third-order valence-corrected chi connectivity index (χ3v) is 5.67. The number of nitriles is 1. The summed E-state index contributed by atoms with van der Waals surface area (Å²) in [5.41, 5.74) is 6.51. The fraction of sp³-hybridized carbons (Fsp3) is 0.462. The average molecular weight is 264 g/mol. The number of benzene rings is 1. The molecule has 18 heavy (non-hydrogen) atoms. The van der Waals surface area contributed by atoms with Gasteiger partial charge in [0.15, 0.2) is 9.84 Å². The number of hydrogen-bond acceptors (Lipinski definition) is 4. The minimum atomic E-state index is -3.36. The summed E-state index contributed by atoms with van der Waals surface area (Å²) in [7, 11) is -3.36. The van der Waals surface area contributed by atoms with Gasteiger partial charge >= 0.3 is 0 Å². The Hall–Kier alpha value is -1.54. The second kappa shape index (κ2) is 4.29. The molecule has 1 aliphatic rings. The van der Waals surface area contributed by atoms with Crippen molar-refractivity contribution >= 4 is 15.5 Å². The molecule has 1 fully saturated rings. The Morgan fingerprint density at radius 2 is 2.11 bits per heavy atom. The molecule has 1 aromatic carbocycles. The summed E-state index contributed by atoms with van der Waals surface area (Å²) < 4.78 is 24.7. The highest BCUT2D eigenvalue weighted by atomic mass is 32.2. The summed E-state index contributed by atoms with van der Waals surface area (Å²) in [6.07, 6.45) is 1.95. The van der Waals surface area contributed by atoms with Crippen molar-refractivity contribution in [3.8, 4) is 6.07 Å². The van der Waals surface area contributed by atoms with E-state index in [0.29, 0.717) is 22.6 Å². The predicted molar refractivity (Wildman–Crippen MR) is 69.5 cm³/mol. The highest BCUT2D eigenvalue weighted by molar-refractivity contribution is 7.91. The maximum atomic E-state index is 12.4. The summed E-state index contributed by atoms with van der Waals surface area (Å²) in [4.78, 5) is 0.298. The van der Waals surface area contributed by atoms with Crippen LogP contribution in [0.25, 0.3) is 0 Å². The molecule has 1 aromatic rings. The summed E-state index contributed by atoms with van der Waals surface area (Å²) in [5.74, 6) is 0.0534. The Labute approximate surface area is 107 Å². The smallest absolute Gasteiger partial charge is 0.179 e. The van der Waals surface area contributed by atoms with Crippen molar-refractivity contribution in [1.29, 1.82) is 5.26 Å². The van der Waals surface area contributed by atoms with E-state index < -0.39 is 9.84 Å². The molecule has 2 N–H and O–H groups in total. The molecule has 0 heterocycles. The van der Waals surface area contributed by atoms with E-state index in [2.05, 4.69) is 6.07 Å². The van der Waals surface area contributed by atoms with Gasteiger partial charge in [-0.3, -0.25) is 0 Å². The lowest BCUT2D eigenvalue weighted by Gasteiger charge is -2.14. The van der Waals surface area contributed by atoms with Crippen LogP contribution in [0.15, 0.2) is 23.1 Å². The van der Waals surface area contributed by atoms with E-state index in [9.17, 15) is 8.42 Å². The quantitative estimate of drug-likeness (QED) is 0.843. The van der Waals surface area contributed by atoms with Crippen LogP contribution in [0.1, 0.15) is 24.8 Å². The first kappa shape index (κ1) is 12.9. The van der Waals surface area contributed by atoms with E-state index in [-0.39, 0.29) is 11.2 Å². The van der Waals surface area contributed by atoms with Gasteiger partial charge < -0.3 is 5.73 Å². The molecule has 4 nitrogen and oxygen atoms in total. The molecular weight excluding hydrogens is 248 g/mol. The first-order valence-electron chi connectivity index (χ1n) is 5.85. The summed E-state index contributed by atoms with van der Waals surface area (Å²) >= 11 is 0. The number of rotatable bonds is 4. The van der Waals surface area contributed by atoms with E-state index >= 15 is 0 Å². The highest BCUT2D eigenvalue weighted by Gasteiger charge is 2.46. The molecule has 0 amide bonds. The van der Waals surface area contributed by atoms with Crippen molar-refractivity contribution < 1.29 is 8.42 Å². The zero-order chi connectivity index (χ0) is 13.4. The van der Waals surface area contributed by atoms with Crippen LogP contribution in [0.4, 0.5) is 5.69 Å². The van der Waals surface area contributed by atoms with E-state index in [4.69, 9.17) is 11.0 Å². The Morgan fingerprint density at radius 1 is 1.44 bits per heavy atom. The van der Waals surface area contributed by atoms with Gasteiger partial charge in [-0.1, -0.05) is 6.07 Å². The van der Waals surface area contributed by atoms with Crippen LogP contribution < -0.4 is 5.73 Å². The minimum Gasteiger partial charge on any atom is -0.398 e. The second-order valence-electron chi connectivity index (χ2n) is 5.06. The Morgan fingerprint density at radius 3 is 2.67 bits per heavy atom. The standard InChI is InChI=1S/C13H16N2O2S/c1-10-11(15)3-2-4-12(10)18(16,17)9-13(5-6-13)7-8-14/h2-4H,5-7,9,15H2,1H3. The first-order chi connectivity index (χ1) is 8.40. The Balaban J connectivity index is 2.33. The van der Waals surface area contributed by atoms with Crippen LogP contribution in [0.2, 0.25) is 0 Å². The molecule has 0 aliphatic heterocycles. The van der Waals surface area contributed by atoms with E-state index in [0.717, 1.165) is 12.8 Å². The first-order valence-corrected chi connectivity index (χ1v) is 7.50. The fourth-order valence-electron chi connectivity index (χ4n) is 2.17. The SMILES string of the molecule is Cc1c(N)cccc1S(=O)(=O)CC1(CC#N)CC1. The third kappa shape index (κ3) is 2.34. The zero-order valence-corrected chi connectivity index (χ0v) is 11.1. The molecule has 0 aromatic heterocycles. The van der Waals surface area contributed by atoms with Crippen LogP contribution in [0, 0.1) is 23.7 Å². The van der Waals surface area contributed by atoms with E-state index in [1.807, 2.05) is 0 Å². The van der Waals surface area contributed by atoms with E-state index in [1.165, 1.54) is 0 Å². The van der Waals surface area contributed by atoms with Crippen LogP contribution >= 0.6 is 0 Å². The van der Waals surface area contributed by atoms with Crippen molar-refractivity contribution in [1.82, 2.24) is 0 Å². The average Bonchev–Trinajstić information content (AvgIpc) is 3.01. The second-order valence-corrected chi connectivity index (χ2v) is 7.02. The van der Waals surface area contributed by atoms with Crippen LogP contribution in [-0.2, 0) is 9.84 Å². The van der Waals surface area contributed by atoms with E-state index in [1.54, 1.807) is 25.1 Å². The number of hydrogen-bond donors (Lipinski definition) is 1. The van der Waals surface area contributed by atoms with Gasteiger partial charge in [-0.25, -0.2) is 8.42 Å². The van der Waals surface area contributed by atoms with Gasteiger partial charge in [0.05, 0.1) is 16.7 Å². The van der Waals surface area contributed by atoms with Crippen molar-refractivity contribution in [2.75, 3.05) is 11.5 Å². The van der Waals surface area contributed by atoms with Gasteiger partial charge in [0.2, 0.25) is 0 Å². The van der Waals surface area contributed by atoms with Gasteiger partial charge in [-0.05, 0) is 42.9 Å². The summed E-state index contributed by atoms with van der Waals surface area (Å²) in [5, 5.41) is 8.74. The molecule has 0 unspecified atom stereocenters. The topological polar surface area (TPSA) is 84.0 Å². The number of anilines is 1. The third-order valence-electron chi connectivity index (χ3n) is 3.57. The highest BCUT2D eigenvalue weighted by Crippen LogP contribution is 2.50. The van der Waals surface area contributed by atoms with Gasteiger partial charge in [0.25, 0.3) is 0 Å². The van der Waals surface area contributed by atoms with Gasteiger partial charge in [-0.15, -0.1) is 0 Å². The monoisotopic (exact) mass is 264 g/mol. The lowest BCUT2D eigenvalue weighted by Crippen LogP contribution is -2.18. The number of nitrogens with two attached hydrogens (primary N) is 1. The normalized spacial score (nSPS) is 17.1. The molecule has 2 rings (SSSR count). The van der Waals surface area contributed by atoms with Gasteiger partial charge in [0.1, 0.15) is 0 Å². The zero-order valence-electron chi connectivity index (χ0n) is 10.3. The van der Waals surface area contributed by atoms with Crippen molar-refractivity contribution in [3.05, 3.63) is 23.8 Å². The maximum absolute atomic E-state index is 12.4. The molecule has 0 bridgehead atoms. The Kier molecular flexibility index (Phi) is 3.07. The molecular formula is C13H16N2O2S. The van der Waals surface area contributed by atoms with Crippen molar-refractivity contribution in [2.45, 2.75) is 31.1 Å². The summed E-state index contributed by atoms with van der Waals surface area (Å²) in [6.45, 7) is 1.71. The molecule has 0 radical (unpaired) electrons. The maximum Gasteiger partial charge on any atom is 0.179 e. The number of nitrogen functional groups attached to an aromatic ring is 1. The lowest BCUT2D eigenvalue weighted by molar-refractivity contribution is 0.547. The van der Waals surface area contributed by atoms with Crippen LogP contribution in [0.3, 0.4) is 0 Å². The molecule has 5 heteroatoms. The number of nitrogens with zero attached hydrogens (tertiary/aromatic N) is 1. The molecule has 96 valence electrons. The van der Waals surface area contributed by atoms with Gasteiger partial charge in [-0.2, -0.15) is 5.26 Å². The fourth-order valence-corrected chi connectivity index (χ4v) is 4.39. The summed E-state index contributed by atoms with van der Waals surface area (Å²) in [6, 6.07) is 7.01. The predicted octanol–water partition coefficient (Wildman–Crippen LogP) is 2.04. The van der Waals surface area contributed by atoms with Gasteiger partial charge in [0, 0.05) is 12.1 Å². The largest absolute Gasteiger partial charge is 0.398 e. The lowest BCUT2D eigenvalue weighted by atomic mass is 10.1.